The lowest BCUT2D eigenvalue weighted by Crippen LogP contribution is -2.72. The first-order valence-electron chi connectivity index (χ1n) is 11.9. The highest BCUT2D eigenvalue weighted by atomic mass is 32.2. The van der Waals surface area contributed by atoms with Crippen LogP contribution < -0.4 is 26.5 Å². The first-order valence-corrected chi connectivity index (χ1v) is 13.7. The zero-order valence-corrected chi connectivity index (χ0v) is 23.1. The van der Waals surface area contributed by atoms with E-state index in [1.54, 1.807) is 24.3 Å². The van der Waals surface area contributed by atoms with Crippen molar-refractivity contribution in [3.8, 4) is 5.75 Å². The molecule has 0 radical (unpaired) electrons. The van der Waals surface area contributed by atoms with Gasteiger partial charge in [-0.1, -0.05) is 30.3 Å². The number of carbonyl (C=O) groups is 4. The molecule has 15 heteroatoms. The van der Waals surface area contributed by atoms with E-state index < -0.39 is 40.5 Å². The van der Waals surface area contributed by atoms with Gasteiger partial charge in [-0.05, 0) is 54.1 Å². The van der Waals surface area contributed by atoms with Gasteiger partial charge in [-0.3, -0.25) is 21.1 Å². The number of ether oxygens (including phenoxy) is 3. The van der Waals surface area contributed by atoms with Crippen LogP contribution in [0.1, 0.15) is 26.3 Å². The number of nitrogens with one attached hydrogen (secondary N) is 2. The number of hydrogen-bond acceptors (Lipinski definition) is 10. The molecule has 0 aliphatic heterocycles. The molecule has 0 atom stereocenters. The van der Waals surface area contributed by atoms with Gasteiger partial charge < -0.3 is 24.1 Å². The van der Waals surface area contributed by atoms with Crippen LogP contribution >= 0.6 is 0 Å². The average molecular weight is 601 g/mol. The molecule has 222 valence electrons. The van der Waals surface area contributed by atoms with Crippen LogP contribution in [0.3, 0.4) is 0 Å². The molecule has 0 heterocycles. The highest BCUT2D eigenvalue weighted by molar-refractivity contribution is 7.84. The van der Waals surface area contributed by atoms with Crippen molar-refractivity contribution < 1.29 is 51.4 Å². The molecule has 3 aromatic carbocycles. The lowest BCUT2D eigenvalue weighted by molar-refractivity contribution is -0.356. The second kappa shape index (κ2) is 16.1. The third kappa shape index (κ3) is 13.7. The fraction of sp³-hybridized carbons (Fsp3) is 0.148. The van der Waals surface area contributed by atoms with E-state index >= 15 is 0 Å². The fourth-order valence-corrected chi connectivity index (χ4v) is 2.91. The number of nitrogens with two attached hydrogens (primary N) is 2. The van der Waals surface area contributed by atoms with Gasteiger partial charge in [0, 0.05) is 6.26 Å². The third-order valence-corrected chi connectivity index (χ3v) is 4.72. The fourth-order valence-electron chi connectivity index (χ4n) is 2.91. The van der Waals surface area contributed by atoms with Crippen LogP contribution in [0.15, 0.2) is 78.9 Å². The molecule has 1 amide bonds. The smallest absolute Gasteiger partial charge is 0.343 e. The first kappa shape index (κ1) is 32.9. The zero-order valence-electron chi connectivity index (χ0n) is 22.3. The number of rotatable bonds is 10. The molecule has 3 rings (SSSR count). The van der Waals surface area contributed by atoms with Crippen molar-refractivity contribution in [3.05, 3.63) is 95.6 Å². The van der Waals surface area contributed by atoms with Gasteiger partial charge >= 0.3 is 23.9 Å². The molecular formula is C27H28N4O10S. The van der Waals surface area contributed by atoms with Crippen LogP contribution in [-0.2, 0) is 35.8 Å². The second-order valence-electron chi connectivity index (χ2n) is 8.27. The highest BCUT2D eigenvalue weighted by Crippen LogP contribution is 2.15. The maximum atomic E-state index is 12.3. The van der Waals surface area contributed by atoms with E-state index in [9.17, 15) is 19.2 Å². The van der Waals surface area contributed by atoms with E-state index in [2.05, 4.69) is 10.3 Å². The summed E-state index contributed by atoms with van der Waals surface area (Å²) in [5.74, 6) is -2.43. The summed E-state index contributed by atoms with van der Waals surface area (Å²) in [4.78, 5) is 50.8. The van der Waals surface area contributed by atoms with Gasteiger partial charge in [0.25, 0.3) is 5.91 Å². The minimum Gasteiger partial charge on any atom is -0.748 e. The summed E-state index contributed by atoms with van der Waals surface area (Å²) in [7, 11) is -3.92. The SMILES string of the molecule is CS(=O)(=O)[O-].NC(N)=[NH+]c1ccc(C(=O)Oc2ccc(C(=O)OCC(=O)NCC(=O)OCc3ccccc3)cc2)cc1. The summed E-state index contributed by atoms with van der Waals surface area (Å²) in [6.07, 6.45) is 0.604. The Labute approximate surface area is 241 Å². The van der Waals surface area contributed by atoms with Gasteiger partial charge in [0.1, 0.15) is 18.9 Å². The van der Waals surface area contributed by atoms with Gasteiger partial charge in [0.15, 0.2) is 6.61 Å². The van der Waals surface area contributed by atoms with Gasteiger partial charge in [0.2, 0.25) is 0 Å². The highest BCUT2D eigenvalue weighted by Gasteiger charge is 2.13. The molecule has 14 nitrogen and oxygen atoms in total. The number of hydrogen-bond donors (Lipinski definition) is 4. The van der Waals surface area contributed by atoms with E-state index in [1.165, 1.54) is 36.4 Å². The Morgan fingerprint density at radius 2 is 1.38 bits per heavy atom. The van der Waals surface area contributed by atoms with Crippen molar-refractivity contribution in [1.29, 1.82) is 0 Å². The second-order valence-corrected chi connectivity index (χ2v) is 9.68. The molecule has 0 aromatic heterocycles. The Morgan fingerprint density at radius 3 is 1.95 bits per heavy atom. The molecule has 0 saturated heterocycles. The number of carbonyl (C=O) groups excluding carboxylic acids is 4. The van der Waals surface area contributed by atoms with E-state index in [-0.39, 0.29) is 30.4 Å². The summed E-state index contributed by atoms with van der Waals surface area (Å²) >= 11 is 0. The van der Waals surface area contributed by atoms with E-state index in [0.717, 1.165) is 5.56 Å². The van der Waals surface area contributed by atoms with Crippen molar-refractivity contribution in [2.24, 2.45) is 11.5 Å². The van der Waals surface area contributed by atoms with Crippen LogP contribution in [0.5, 0.6) is 5.75 Å². The Balaban J connectivity index is 0.00000113. The zero-order chi connectivity index (χ0) is 31.1. The van der Waals surface area contributed by atoms with Crippen LogP contribution in [0.4, 0.5) is 5.69 Å². The molecular weight excluding hydrogens is 572 g/mol. The maximum Gasteiger partial charge on any atom is 0.343 e. The molecule has 0 aliphatic rings. The topological polar surface area (TPSA) is 231 Å². The van der Waals surface area contributed by atoms with Gasteiger partial charge in [0.05, 0.1) is 26.9 Å². The molecule has 0 saturated carbocycles. The Kier molecular flexibility index (Phi) is 12.6. The first-order chi connectivity index (χ1) is 19.8. The number of esters is 3. The monoisotopic (exact) mass is 600 g/mol. The van der Waals surface area contributed by atoms with E-state index in [0.29, 0.717) is 17.5 Å². The largest absolute Gasteiger partial charge is 0.748 e. The summed E-state index contributed by atoms with van der Waals surface area (Å²) < 4.78 is 42.5. The predicted octanol–water partition coefficient (Wildman–Crippen LogP) is -0.931. The number of amides is 1. The summed E-state index contributed by atoms with van der Waals surface area (Å²) in [5, 5.41) is 2.32. The summed E-state index contributed by atoms with van der Waals surface area (Å²) in [6, 6.07) is 21.0. The standard InChI is InChI=1S/C26H24N4O7.CH4O3S/c27-26(28)30-20-10-6-19(7-11-20)25(34)37-21-12-8-18(9-13-21)24(33)36-16-22(31)29-14-23(32)35-15-17-4-2-1-3-5-17;1-5(2,3)4/h1-13H,14-16H2,(H,29,31)(H4,27,28,30);1H3,(H,2,3,4). The maximum absolute atomic E-state index is 12.3. The third-order valence-electron chi connectivity index (χ3n) is 4.72. The Hall–Kier alpha value is -5.28. The van der Waals surface area contributed by atoms with Crippen molar-refractivity contribution in [2.75, 3.05) is 19.4 Å². The molecule has 6 N–H and O–H groups in total. The number of guanidine groups is 1. The van der Waals surface area contributed by atoms with Crippen molar-refractivity contribution in [1.82, 2.24) is 5.32 Å². The minimum absolute atomic E-state index is 0.0220. The van der Waals surface area contributed by atoms with Crippen LogP contribution in [0.25, 0.3) is 0 Å². The van der Waals surface area contributed by atoms with Gasteiger partial charge in [-0.25, -0.2) is 23.0 Å². The van der Waals surface area contributed by atoms with Gasteiger partial charge in [-0.15, -0.1) is 0 Å². The van der Waals surface area contributed by atoms with Crippen LogP contribution in [0.2, 0.25) is 0 Å². The lowest BCUT2D eigenvalue weighted by atomic mass is 10.2. The normalized spacial score (nSPS) is 10.2. The molecule has 3 aromatic rings. The van der Waals surface area contributed by atoms with Crippen LogP contribution in [-0.4, -0.2) is 62.2 Å². The molecule has 0 bridgehead atoms. The summed E-state index contributed by atoms with van der Waals surface area (Å²) in [6.45, 7) is -0.856. The van der Waals surface area contributed by atoms with Crippen molar-refractivity contribution >= 4 is 45.6 Å². The minimum atomic E-state index is -3.92. The van der Waals surface area contributed by atoms with Crippen molar-refractivity contribution in [2.45, 2.75) is 6.61 Å². The Morgan fingerprint density at radius 1 is 0.833 bits per heavy atom. The average Bonchev–Trinajstić information content (AvgIpc) is 2.93. The Bertz CT molecular complexity index is 1500. The predicted molar refractivity (Wildman–Crippen MR) is 147 cm³/mol. The van der Waals surface area contributed by atoms with Crippen LogP contribution in [0, 0.1) is 0 Å². The molecule has 0 fully saturated rings. The molecule has 0 aliphatic carbocycles. The van der Waals surface area contributed by atoms with Crippen molar-refractivity contribution in [3.63, 3.8) is 0 Å². The summed E-state index contributed by atoms with van der Waals surface area (Å²) in [5.41, 5.74) is 12.6. The lowest BCUT2D eigenvalue weighted by Gasteiger charge is -2.08. The van der Waals surface area contributed by atoms with E-state index in [1.807, 2.05) is 18.2 Å². The van der Waals surface area contributed by atoms with Gasteiger partial charge in [-0.2, -0.15) is 0 Å². The molecule has 0 spiro atoms. The van der Waals surface area contributed by atoms with E-state index in [4.69, 9.17) is 38.6 Å². The molecule has 0 unspecified atom stereocenters. The number of benzene rings is 3. The molecule has 42 heavy (non-hydrogen) atoms. The quantitative estimate of drug-likeness (QED) is 0.0727.